The average Bonchev–Trinajstić information content (AvgIpc) is 2.36. The molecule has 0 aliphatic heterocycles. The second-order valence-electron chi connectivity index (χ2n) is 4.29. The van der Waals surface area contributed by atoms with Crippen LogP contribution in [0.4, 0.5) is 0 Å². The number of aliphatic hydroxyl groups excluding tert-OH is 1. The highest BCUT2D eigenvalue weighted by Crippen LogP contribution is 2.11. The van der Waals surface area contributed by atoms with Crippen molar-refractivity contribution in [3.05, 3.63) is 34.9 Å². The molecule has 1 aromatic rings. The van der Waals surface area contributed by atoms with Gasteiger partial charge in [0.25, 0.3) is 5.91 Å². The van der Waals surface area contributed by atoms with E-state index in [1.807, 2.05) is 39.0 Å². The number of hydrogen-bond donors (Lipinski definition) is 2. The van der Waals surface area contributed by atoms with Gasteiger partial charge in [-0.15, -0.1) is 0 Å². The van der Waals surface area contributed by atoms with E-state index in [1.165, 1.54) is 0 Å². The minimum atomic E-state index is -0.208. The molecule has 18 heavy (non-hydrogen) atoms. The molecule has 0 aliphatic rings. The fraction of sp³-hybridized carbons (Fsp3) is 0.400. The van der Waals surface area contributed by atoms with Gasteiger partial charge in [0, 0.05) is 11.6 Å². The van der Waals surface area contributed by atoms with Gasteiger partial charge in [0.1, 0.15) is 6.61 Å². The van der Waals surface area contributed by atoms with Crippen LogP contribution in [0.3, 0.4) is 0 Å². The lowest BCUT2D eigenvalue weighted by molar-refractivity contribution is 0.0939. The van der Waals surface area contributed by atoms with E-state index in [-0.39, 0.29) is 18.6 Å². The van der Waals surface area contributed by atoms with Crippen LogP contribution >= 0.6 is 0 Å². The quantitative estimate of drug-likeness (QED) is 0.799. The Kier molecular flexibility index (Phi) is 5.41. The normalized spacial score (nSPS) is 11.3. The van der Waals surface area contributed by atoms with Crippen LogP contribution in [0, 0.1) is 18.8 Å². The van der Waals surface area contributed by atoms with Crippen LogP contribution in [0.15, 0.2) is 18.2 Å². The molecule has 0 aliphatic carbocycles. The number of benzene rings is 1. The Hall–Kier alpha value is -1.79. The van der Waals surface area contributed by atoms with E-state index in [0.29, 0.717) is 11.1 Å². The first-order valence-corrected chi connectivity index (χ1v) is 6.09. The molecule has 0 spiro atoms. The van der Waals surface area contributed by atoms with Gasteiger partial charge in [-0.3, -0.25) is 4.79 Å². The first-order chi connectivity index (χ1) is 8.58. The molecule has 1 rings (SSSR count). The summed E-state index contributed by atoms with van der Waals surface area (Å²) >= 11 is 0. The van der Waals surface area contributed by atoms with Crippen molar-refractivity contribution in [3.8, 4) is 11.8 Å². The Morgan fingerprint density at radius 2 is 2.22 bits per heavy atom. The van der Waals surface area contributed by atoms with Crippen molar-refractivity contribution >= 4 is 5.91 Å². The standard InChI is InChI=1S/C15H19NO2/c1-4-12(3)16-15(18)14-10-11(2)7-8-13(14)6-5-9-17/h7-8,10,12,17H,4,9H2,1-3H3,(H,16,18). The fourth-order valence-corrected chi connectivity index (χ4v) is 1.49. The molecule has 0 saturated carbocycles. The van der Waals surface area contributed by atoms with Crippen LogP contribution in [0.2, 0.25) is 0 Å². The number of aryl methyl sites for hydroxylation is 1. The number of nitrogens with one attached hydrogen (secondary N) is 1. The summed E-state index contributed by atoms with van der Waals surface area (Å²) in [5, 5.41) is 11.6. The van der Waals surface area contributed by atoms with E-state index < -0.39 is 0 Å². The lowest BCUT2D eigenvalue weighted by atomic mass is 10.0. The van der Waals surface area contributed by atoms with Crippen LogP contribution in [-0.2, 0) is 0 Å². The molecule has 2 N–H and O–H groups in total. The summed E-state index contributed by atoms with van der Waals surface area (Å²) in [6.45, 7) is 5.71. The summed E-state index contributed by atoms with van der Waals surface area (Å²) in [6, 6.07) is 5.67. The Morgan fingerprint density at radius 1 is 1.50 bits per heavy atom. The van der Waals surface area contributed by atoms with Crippen molar-refractivity contribution in [1.29, 1.82) is 0 Å². The maximum Gasteiger partial charge on any atom is 0.252 e. The number of hydrogen-bond acceptors (Lipinski definition) is 2. The third kappa shape index (κ3) is 3.90. The van der Waals surface area contributed by atoms with Gasteiger partial charge in [0.2, 0.25) is 0 Å². The molecule has 1 amide bonds. The minimum Gasteiger partial charge on any atom is -0.384 e. The molecule has 3 nitrogen and oxygen atoms in total. The van der Waals surface area contributed by atoms with Gasteiger partial charge in [0.05, 0.1) is 5.56 Å². The molecule has 1 atom stereocenters. The molecule has 1 unspecified atom stereocenters. The van der Waals surface area contributed by atoms with Crippen LogP contribution in [0.5, 0.6) is 0 Å². The van der Waals surface area contributed by atoms with Gasteiger partial charge >= 0.3 is 0 Å². The summed E-state index contributed by atoms with van der Waals surface area (Å²) < 4.78 is 0. The Labute approximate surface area is 108 Å². The van der Waals surface area contributed by atoms with Crippen LogP contribution < -0.4 is 5.32 Å². The van der Waals surface area contributed by atoms with Gasteiger partial charge in [-0.1, -0.05) is 30.4 Å². The zero-order valence-electron chi connectivity index (χ0n) is 11.1. The predicted octanol–water partition coefficient (Wildman–Crippen LogP) is 1.87. The summed E-state index contributed by atoms with van der Waals surface area (Å²) in [5.74, 6) is 5.26. The lowest BCUT2D eigenvalue weighted by Gasteiger charge is -2.12. The molecule has 3 heteroatoms. The van der Waals surface area contributed by atoms with E-state index in [4.69, 9.17) is 5.11 Å². The first kappa shape index (κ1) is 14.3. The largest absolute Gasteiger partial charge is 0.384 e. The van der Waals surface area contributed by atoms with E-state index in [1.54, 1.807) is 0 Å². The van der Waals surface area contributed by atoms with Gasteiger partial charge in [-0.2, -0.15) is 0 Å². The Morgan fingerprint density at radius 3 is 2.83 bits per heavy atom. The van der Waals surface area contributed by atoms with Crippen molar-refractivity contribution in [2.75, 3.05) is 6.61 Å². The third-order valence-electron chi connectivity index (χ3n) is 2.71. The monoisotopic (exact) mass is 245 g/mol. The highest BCUT2D eigenvalue weighted by molar-refractivity contribution is 5.97. The maximum atomic E-state index is 12.1. The number of aliphatic hydroxyl groups is 1. The molecule has 0 saturated heterocycles. The van der Waals surface area contributed by atoms with Crippen molar-refractivity contribution in [2.45, 2.75) is 33.2 Å². The molecular weight excluding hydrogens is 226 g/mol. The Bertz CT molecular complexity index is 483. The first-order valence-electron chi connectivity index (χ1n) is 6.09. The minimum absolute atomic E-state index is 0.115. The lowest BCUT2D eigenvalue weighted by Crippen LogP contribution is -2.32. The van der Waals surface area contributed by atoms with Crippen LogP contribution in [0.1, 0.15) is 41.8 Å². The third-order valence-corrected chi connectivity index (χ3v) is 2.71. The van der Waals surface area contributed by atoms with Gasteiger partial charge in [-0.05, 0) is 32.4 Å². The molecule has 0 heterocycles. The topological polar surface area (TPSA) is 49.3 Å². The summed E-state index contributed by atoms with van der Waals surface area (Å²) in [4.78, 5) is 12.1. The van der Waals surface area contributed by atoms with E-state index in [9.17, 15) is 4.79 Å². The summed E-state index contributed by atoms with van der Waals surface area (Å²) in [6.07, 6.45) is 0.884. The average molecular weight is 245 g/mol. The second-order valence-corrected chi connectivity index (χ2v) is 4.29. The van der Waals surface area contributed by atoms with E-state index in [2.05, 4.69) is 17.2 Å². The van der Waals surface area contributed by atoms with Crippen LogP contribution in [-0.4, -0.2) is 23.7 Å². The number of carbonyl (C=O) groups is 1. The number of amides is 1. The Balaban J connectivity index is 3.05. The van der Waals surface area contributed by atoms with E-state index in [0.717, 1.165) is 12.0 Å². The summed E-state index contributed by atoms with van der Waals surface area (Å²) in [7, 11) is 0. The molecular formula is C15H19NO2. The fourth-order valence-electron chi connectivity index (χ4n) is 1.49. The molecule has 96 valence electrons. The zero-order valence-corrected chi connectivity index (χ0v) is 11.1. The maximum absolute atomic E-state index is 12.1. The van der Waals surface area contributed by atoms with Gasteiger partial charge in [0.15, 0.2) is 0 Å². The molecule has 0 bridgehead atoms. The van der Waals surface area contributed by atoms with Crippen molar-refractivity contribution in [3.63, 3.8) is 0 Å². The van der Waals surface area contributed by atoms with Crippen molar-refractivity contribution in [1.82, 2.24) is 5.32 Å². The van der Waals surface area contributed by atoms with Gasteiger partial charge < -0.3 is 10.4 Å². The van der Waals surface area contributed by atoms with Crippen LogP contribution in [0.25, 0.3) is 0 Å². The summed E-state index contributed by atoms with van der Waals surface area (Å²) in [5.41, 5.74) is 2.23. The predicted molar refractivity (Wildman–Crippen MR) is 72.4 cm³/mol. The number of carbonyl (C=O) groups excluding carboxylic acids is 1. The zero-order chi connectivity index (χ0) is 13.5. The molecule has 0 fully saturated rings. The second kappa shape index (κ2) is 6.83. The molecule has 0 radical (unpaired) electrons. The van der Waals surface area contributed by atoms with E-state index >= 15 is 0 Å². The van der Waals surface area contributed by atoms with Crippen molar-refractivity contribution < 1.29 is 9.90 Å². The number of rotatable bonds is 3. The molecule has 0 aromatic heterocycles. The highest BCUT2D eigenvalue weighted by Gasteiger charge is 2.12. The van der Waals surface area contributed by atoms with Crippen molar-refractivity contribution in [2.24, 2.45) is 0 Å². The SMILES string of the molecule is CCC(C)NC(=O)c1cc(C)ccc1C#CCO. The highest BCUT2D eigenvalue weighted by atomic mass is 16.2. The van der Waals surface area contributed by atoms with Gasteiger partial charge in [-0.25, -0.2) is 0 Å². The molecule has 1 aromatic carbocycles. The smallest absolute Gasteiger partial charge is 0.252 e.